The summed E-state index contributed by atoms with van der Waals surface area (Å²) in [7, 11) is 0. The highest BCUT2D eigenvalue weighted by atomic mass is 32.2. The van der Waals surface area contributed by atoms with Gasteiger partial charge < -0.3 is 5.32 Å². The molecule has 1 unspecified atom stereocenters. The molecule has 0 heterocycles. The van der Waals surface area contributed by atoms with Crippen LogP contribution in [0, 0.1) is 5.82 Å². The van der Waals surface area contributed by atoms with E-state index in [0.29, 0.717) is 10.8 Å². The lowest BCUT2D eigenvalue weighted by Gasteiger charge is -2.31. The fraction of sp³-hybridized carbons (Fsp3) is 0.625. The Balaban J connectivity index is 2.52. The van der Waals surface area contributed by atoms with Gasteiger partial charge in [-0.15, -0.1) is 0 Å². The van der Waals surface area contributed by atoms with E-state index in [9.17, 15) is 4.39 Å². The Bertz CT molecular complexity index is 369. The van der Waals surface area contributed by atoms with Crippen molar-refractivity contribution < 1.29 is 4.39 Å². The molecule has 108 valence electrons. The number of thioether (sulfide) groups is 1. The van der Waals surface area contributed by atoms with Gasteiger partial charge in [-0.2, -0.15) is 11.8 Å². The Morgan fingerprint density at radius 1 is 1.26 bits per heavy atom. The van der Waals surface area contributed by atoms with E-state index >= 15 is 0 Å². The van der Waals surface area contributed by atoms with Gasteiger partial charge in [-0.3, -0.25) is 0 Å². The van der Waals surface area contributed by atoms with Crippen molar-refractivity contribution in [2.45, 2.75) is 50.8 Å². The third-order valence-corrected chi connectivity index (χ3v) is 5.57. The lowest BCUT2D eigenvalue weighted by Crippen LogP contribution is -2.41. The minimum Gasteiger partial charge on any atom is -0.313 e. The fourth-order valence-electron chi connectivity index (χ4n) is 2.29. The maximum Gasteiger partial charge on any atom is 0.126 e. The van der Waals surface area contributed by atoms with E-state index in [2.05, 4.69) is 32.3 Å². The Hall–Kier alpha value is -0.540. The first-order chi connectivity index (χ1) is 9.06. The first kappa shape index (κ1) is 16.5. The molecule has 19 heavy (non-hydrogen) atoms. The van der Waals surface area contributed by atoms with Gasteiger partial charge in [0.2, 0.25) is 0 Å². The molecule has 0 bridgehead atoms. The Morgan fingerprint density at radius 3 is 2.42 bits per heavy atom. The van der Waals surface area contributed by atoms with Gasteiger partial charge in [0.05, 0.1) is 0 Å². The maximum atomic E-state index is 13.6. The molecule has 1 nitrogen and oxygen atoms in total. The molecule has 1 aromatic rings. The molecule has 0 aliphatic carbocycles. The molecule has 1 N–H and O–H groups in total. The molecular formula is C16H26FNS. The van der Waals surface area contributed by atoms with Gasteiger partial charge in [-0.1, -0.05) is 32.0 Å². The lowest BCUT2D eigenvalue weighted by atomic mass is 10.0. The first-order valence-electron chi connectivity index (χ1n) is 7.08. The molecule has 0 aliphatic heterocycles. The van der Waals surface area contributed by atoms with E-state index < -0.39 is 0 Å². The van der Waals surface area contributed by atoms with Crippen LogP contribution < -0.4 is 5.32 Å². The third-order valence-electron chi connectivity index (χ3n) is 3.98. The van der Waals surface area contributed by atoms with Gasteiger partial charge in [0.15, 0.2) is 0 Å². The van der Waals surface area contributed by atoms with Crippen LogP contribution in [0.2, 0.25) is 0 Å². The maximum absolute atomic E-state index is 13.6. The van der Waals surface area contributed by atoms with Crippen LogP contribution in [-0.2, 0) is 6.42 Å². The molecule has 0 amide bonds. The summed E-state index contributed by atoms with van der Waals surface area (Å²) in [4.78, 5) is 0. The van der Waals surface area contributed by atoms with Crippen molar-refractivity contribution >= 4 is 11.8 Å². The quantitative estimate of drug-likeness (QED) is 0.764. The van der Waals surface area contributed by atoms with Gasteiger partial charge in [-0.05, 0) is 44.1 Å². The largest absolute Gasteiger partial charge is 0.313 e. The van der Waals surface area contributed by atoms with Gasteiger partial charge in [0.1, 0.15) is 5.82 Å². The van der Waals surface area contributed by atoms with Gasteiger partial charge in [-0.25, -0.2) is 4.39 Å². The second-order valence-electron chi connectivity index (χ2n) is 5.17. The molecule has 0 aliphatic rings. The smallest absolute Gasteiger partial charge is 0.126 e. The van der Waals surface area contributed by atoms with Crippen molar-refractivity contribution in [3.63, 3.8) is 0 Å². The molecule has 0 spiro atoms. The van der Waals surface area contributed by atoms with Gasteiger partial charge >= 0.3 is 0 Å². The number of hydrogen-bond acceptors (Lipinski definition) is 2. The summed E-state index contributed by atoms with van der Waals surface area (Å²) in [6, 6.07) is 7.34. The number of nitrogens with one attached hydrogen (secondary N) is 1. The highest BCUT2D eigenvalue weighted by molar-refractivity contribution is 8.00. The summed E-state index contributed by atoms with van der Waals surface area (Å²) in [6.45, 7) is 7.59. The molecule has 1 aromatic carbocycles. The lowest BCUT2D eigenvalue weighted by molar-refractivity contribution is 0.447. The van der Waals surface area contributed by atoms with E-state index in [1.165, 1.54) is 6.07 Å². The first-order valence-corrected chi connectivity index (χ1v) is 8.31. The van der Waals surface area contributed by atoms with E-state index in [1.807, 2.05) is 23.9 Å². The minimum absolute atomic E-state index is 0.0988. The predicted molar refractivity (Wildman–Crippen MR) is 84.4 cm³/mol. The van der Waals surface area contributed by atoms with Crippen LogP contribution in [0.5, 0.6) is 0 Å². The average Bonchev–Trinajstić information content (AvgIpc) is 2.44. The third kappa shape index (κ3) is 4.81. The zero-order chi connectivity index (χ0) is 14.3. The SMILES string of the molecule is CCC(CC)(CNC(C)Cc1ccccc1F)SC. The van der Waals surface area contributed by atoms with Crippen molar-refractivity contribution in [2.24, 2.45) is 0 Å². The summed E-state index contributed by atoms with van der Waals surface area (Å²) in [6.07, 6.45) is 5.23. The highest BCUT2D eigenvalue weighted by Gasteiger charge is 2.25. The monoisotopic (exact) mass is 283 g/mol. The molecule has 1 rings (SSSR count). The van der Waals surface area contributed by atoms with Crippen LogP contribution in [0.1, 0.15) is 39.2 Å². The molecule has 0 saturated carbocycles. The Kier molecular flexibility index (Phi) is 6.87. The summed E-state index contributed by atoms with van der Waals surface area (Å²) in [5, 5.41) is 3.56. The van der Waals surface area contributed by atoms with Gasteiger partial charge in [0.25, 0.3) is 0 Å². The molecule has 0 aromatic heterocycles. The van der Waals surface area contributed by atoms with Gasteiger partial charge in [0, 0.05) is 17.3 Å². The second kappa shape index (κ2) is 7.91. The average molecular weight is 283 g/mol. The Morgan fingerprint density at radius 2 is 1.89 bits per heavy atom. The highest BCUT2D eigenvalue weighted by Crippen LogP contribution is 2.29. The molecule has 0 radical (unpaired) electrons. The van der Waals surface area contributed by atoms with Crippen LogP contribution >= 0.6 is 11.8 Å². The number of hydrogen-bond donors (Lipinski definition) is 1. The van der Waals surface area contributed by atoms with Crippen molar-refractivity contribution in [1.82, 2.24) is 5.32 Å². The van der Waals surface area contributed by atoms with Crippen LogP contribution in [0.3, 0.4) is 0 Å². The molecule has 3 heteroatoms. The van der Waals surface area contributed by atoms with E-state index in [0.717, 1.165) is 31.4 Å². The Labute approximate surface area is 121 Å². The predicted octanol–water partition coefficient (Wildman–Crippen LogP) is 4.27. The zero-order valence-electron chi connectivity index (χ0n) is 12.5. The molecule has 1 atom stereocenters. The molecule has 0 saturated heterocycles. The number of rotatable bonds is 8. The topological polar surface area (TPSA) is 12.0 Å². The van der Waals surface area contributed by atoms with E-state index in [4.69, 9.17) is 0 Å². The summed E-state index contributed by atoms with van der Waals surface area (Å²) in [5.41, 5.74) is 0.797. The van der Waals surface area contributed by atoms with Crippen LogP contribution in [0.4, 0.5) is 4.39 Å². The summed E-state index contributed by atoms with van der Waals surface area (Å²) in [5.74, 6) is -0.0988. The van der Waals surface area contributed by atoms with Crippen molar-refractivity contribution in [2.75, 3.05) is 12.8 Å². The van der Waals surface area contributed by atoms with E-state index in [-0.39, 0.29) is 5.82 Å². The summed E-state index contributed by atoms with van der Waals surface area (Å²) >= 11 is 1.93. The zero-order valence-corrected chi connectivity index (χ0v) is 13.3. The standard InChI is InChI=1S/C16H26FNS/c1-5-16(6-2,19-4)12-18-13(3)11-14-9-7-8-10-15(14)17/h7-10,13,18H,5-6,11-12H2,1-4H3. The van der Waals surface area contributed by atoms with Crippen molar-refractivity contribution in [1.29, 1.82) is 0 Å². The van der Waals surface area contributed by atoms with Crippen LogP contribution in [0.25, 0.3) is 0 Å². The summed E-state index contributed by atoms with van der Waals surface area (Å²) < 4.78 is 13.9. The number of halogens is 1. The fourth-order valence-corrected chi connectivity index (χ4v) is 3.09. The molecular weight excluding hydrogens is 257 g/mol. The minimum atomic E-state index is -0.0988. The van der Waals surface area contributed by atoms with Crippen LogP contribution in [0.15, 0.2) is 24.3 Å². The molecule has 0 fully saturated rings. The number of benzene rings is 1. The van der Waals surface area contributed by atoms with E-state index in [1.54, 1.807) is 6.07 Å². The van der Waals surface area contributed by atoms with Crippen LogP contribution in [-0.4, -0.2) is 23.6 Å². The van der Waals surface area contributed by atoms with Crippen molar-refractivity contribution in [3.8, 4) is 0 Å². The normalized spacial score (nSPS) is 13.5. The van der Waals surface area contributed by atoms with Crippen molar-refractivity contribution in [3.05, 3.63) is 35.6 Å². The second-order valence-corrected chi connectivity index (χ2v) is 6.45.